The van der Waals surface area contributed by atoms with Crippen LogP contribution in [0.2, 0.25) is 0 Å². The van der Waals surface area contributed by atoms with Crippen LogP contribution in [0.3, 0.4) is 0 Å². The maximum atomic E-state index is 13.4. The molecule has 0 aromatic carbocycles. The molecule has 6 heterocycles. The number of hydrogen-bond donors (Lipinski definition) is 1. The van der Waals surface area contributed by atoms with Gasteiger partial charge in [-0.2, -0.15) is 0 Å². The third-order valence-electron chi connectivity index (χ3n) is 5.96. The lowest BCUT2D eigenvalue weighted by atomic mass is 10.2. The van der Waals surface area contributed by atoms with Gasteiger partial charge in [0.2, 0.25) is 0 Å². The summed E-state index contributed by atoms with van der Waals surface area (Å²) < 4.78 is 24.9. The van der Waals surface area contributed by atoms with E-state index in [4.69, 9.17) is 18.9 Å². The summed E-state index contributed by atoms with van der Waals surface area (Å²) in [6.45, 7) is 2.34. The van der Waals surface area contributed by atoms with E-state index in [-0.39, 0.29) is 31.3 Å². The van der Waals surface area contributed by atoms with Crippen LogP contribution in [0.15, 0.2) is 29.9 Å². The van der Waals surface area contributed by atoms with Gasteiger partial charge in [0.1, 0.15) is 30.4 Å². The van der Waals surface area contributed by atoms with Gasteiger partial charge in [0.25, 0.3) is 11.8 Å². The second-order valence-electron chi connectivity index (χ2n) is 8.27. The summed E-state index contributed by atoms with van der Waals surface area (Å²) in [5, 5.41) is 13.0. The number of aromatic nitrogens is 4. The first-order chi connectivity index (χ1) is 17.2. The number of hydrogen-bond acceptors (Lipinski definition) is 10. The quantitative estimate of drug-likeness (QED) is 0.516. The predicted molar refractivity (Wildman–Crippen MR) is 121 cm³/mol. The molecule has 1 fully saturated rings. The lowest BCUT2D eigenvalue weighted by Gasteiger charge is -2.20. The Morgan fingerprint density at radius 3 is 2.97 bits per heavy atom. The average molecular weight is 499 g/mol. The van der Waals surface area contributed by atoms with E-state index >= 15 is 0 Å². The Labute approximate surface area is 203 Å². The van der Waals surface area contributed by atoms with Gasteiger partial charge in [0.05, 0.1) is 31.5 Å². The molecular weight excluding hydrogens is 476 g/mol. The van der Waals surface area contributed by atoms with E-state index in [0.717, 1.165) is 0 Å². The SMILES string of the molecule is O=C1N[C@H]2CN(C(=O)c3scc4c3OCCO4)C[C@@H]2OCc2cn(nn2)CCOc2cccnc21. The number of nitrogens with one attached hydrogen (secondary N) is 1. The Hall–Kier alpha value is -3.71. The Bertz CT molecular complexity index is 1260. The van der Waals surface area contributed by atoms with Crippen LogP contribution in [0.1, 0.15) is 25.9 Å². The molecule has 2 bridgehead atoms. The molecule has 35 heavy (non-hydrogen) atoms. The second kappa shape index (κ2) is 9.15. The van der Waals surface area contributed by atoms with Crippen molar-refractivity contribution >= 4 is 23.2 Å². The standard InChI is InChI=1S/C22H22N6O6S/c29-21-18-15(2-1-3-23-18)31-5-4-28-8-13(25-26-28)11-34-16-10-27(9-14(16)24-21)22(30)20-19-17(12-35-20)32-6-7-33-19/h1-3,8,12,14,16H,4-7,9-11H2,(H,24,29)/t14-,16-/m0/s1. The zero-order valence-electron chi connectivity index (χ0n) is 18.6. The highest BCUT2D eigenvalue weighted by molar-refractivity contribution is 7.12. The van der Waals surface area contributed by atoms with Crippen molar-refractivity contribution < 1.29 is 28.5 Å². The first kappa shape index (κ1) is 21.8. The third kappa shape index (κ3) is 4.28. The molecule has 1 saturated heterocycles. The van der Waals surface area contributed by atoms with Gasteiger partial charge in [-0.1, -0.05) is 5.21 Å². The molecule has 2 amide bonds. The zero-order chi connectivity index (χ0) is 23.8. The molecule has 1 N–H and O–H groups in total. The van der Waals surface area contributed by atoms with Crippen molar-refractivity contribution in [1.29, 1.82) is 0 Å². The minimum absolute atomic E-state index is 0.172. The van der Waals surface area contributed by atoms with E-state index in [2.05, 4.69) is 20.6 Å². The number of rotatable bonds is 1. The minimum Gasteiger partial charge on any atom is -0.489 e. The van der Waals surface area contributed by atoms with Crippen LogP contribution in [-0.4, -0.2) is 81.7 Å². The van der Waals surface area contributed by atoms with Crippen LogP contribution in [0.5, 0.6) is 17.2 Å². The molecule has 0 saturated carbocycles. The molecule has 6 rings (SSSR count). The first-order valence-corrected chi connectivity index (χ1v) is 12.1. The summed E-state index contributed by atoms with van der Waals surface area (Å²) in [6, 6.07) is 2.94. The summed E-state index contributed by atoms with van der Waals surface area (Å²) in [7, 11) is 0. The molecule has 3 aliphatic rings. The van der Waals surface area contributed by atoms with Crippen LogP contribution in [0.25, 0.3) is 0 Å². The summed E-state index contributed by atoms with van der Waals surface area (Å²) in [4.78, 5) is 32.9. The second-order valence-corrected chi connectivity index (χ2v) is 9.15. The molecule has 0 aliphatic carbocycles. The largest absolute Gasteiger partial charge is 0.489 e. The molecule has 3 aliphatic heterocycles. The third-order valence-corrected chi connectivity index (χ3v) is 6.89. The molecule has 3 aromatic rings. The van der Waals surface area contributed by atoms with E-state index in [9.17, 15) is 9.59 Å². The van der Waals surface area contributed by atoms with Gasteiger partial charge < -0.3 is 29.2 Å². The highest BCUT2D eigenvalue weighted by Crippen LogP contribution is 2.40. The van der Waals surface area contributed by atoms with E-state index in [1.807, 2.05) is 0 Å². The Balaban J connectivity index is 1.27. The van der Waals surface area contributed by atoms with Crippen LogP contribution in [-0.2, 0) is 17.9 Å². The monoisotopic (exact) mass is 498 g/mol. The molecule has 12 nitrogen and oxygen atoms in total. The fourth-order valence-corrected chi connectivity index (χ4v) is 5.17. The molecular formula is C22H22N6O6S. The number of carbonyl (C=O) groups excluding carboxylic acids is 2. The summed E-state index contributed by atoms with van der Waals surface area (Å²) in [5.41, 5.74) is 0.821. The smallest absolute Gasteiger partial charge is 0.274 e. The maximum absolute atomic E-state index is 13.4. The van der Waals surface area contributed by atoms with Gasteiger partial charge in [-0.3, -0.25) is 9.59 Å². The van der Waals surface area contributed by atoms with Crippen molar-refractivity contribution in [2.24, 2.45) is 0 Å². The number of fused-ring (bicyclic) bond motifs is 5. The van der Waals surface area contributed by atoms with Crippen molar-refractivity contribution in [3.63, 3.8) is 0 Å². The maximum Gasteiger partial charge on any atom is 0.274 e. The lowest BCUT2D eigenvalue weighted by Crippen LogP contribution is -2.44. The van der Waals surface area contributed by atoms with Gasteiger partial charge in [0, 0.05) is 24.7 Å². The van der Waals surface area contributed by atoms with Crippen molar-refractivity contribution in [1.82, 2.24) is 30.2 Å². The summed E-state index contributed by atoms with van der Waals surface area (Å²) in [5.74, 6) is 0.831. The van der Waals surface area contributed by atoms with Crippen LogP contribution in [0.4, 0.5) is 0 Å². The van der Waals surface area contributed by atoms with Gasteiger partial charge in [-0.25, -0.2) is 9.67 Å². The average Bonchev–Trinajstić information content (AvgIpc) is 3.61. The van der Waals surface area contributed by atoms with Gasteiger partial charge >= 0.3 is 0 Å². The van der Waals surface area contributed by atoms with Gasteiger partial charge in [-0.05, 0) is 12.1 Å². The Morgan fingerprint density at radius 1 is 1.14 bits per heavy atom. The zero-order valence-corrected chi connectivity index (χ0v) is 19.4. The van der Waals surface area contributed by atoms with Crippen molar-refractivity contribution in [3.8, 4) is 17.2 Å². The van der Waals surface area contributed by atoms with E-state index in [1.165, 1.54) is 17.5 Å². The Morgan fingerprint density at radius 2 is 2.03 bits per heavy atom. The number of pyridine rings is 1. The topological polar surface area (TPSA) is 130 Å². The summed E-state index contributed by atoms with van der Waals surface area (Å²) >= 11 is 1.28. The van der Waals surface area contributed by atoms with Crippen molar-refractivity contribution in [2.75, 3.05) is 32.9 Å². The molecule has 182 valence electrons. The molecule has 2 atom stereocenters. The van der Waals surface area contributed by atoms with E-state index in [0.29, 0.717) is 54.2 Å². The molecule has 13 heteroatoms. The number of thiophene rings is 1. The lowest BCUT2D eigenvalue weighted by molar-refractivity contribution is 0.0290. The highest BCUT2D eigenvalue weighted by Gasteiger charge is 2.40. The molecule has 0 spiro atoms. The Kier molecular flexibility index (Phi) is 5.70. The van der Waals surface area contributed by atoms with E-state index < -0.39 is 18.1 Å². The summed E-state index contributed by atoms with van der Waals surface area (Å²) in [6.07, 6.45) is 2.87. The number of amides is 2. The first-order valence-electron chi connectivity index (χ1n) is 11.2. The van der Waals surface area contributed by atoms with E-state index in [1.54, 1.807) is 33.3 Å². The van der Waals surface area contributed by atoms with Gasteiger partial charge in [-0.15, -0.1) is 16.4 Å². The number of likely N-dealkylation sites (tertiary alicyclic amines) is 1. The molecule has 3 aromatic heterocycles. The fourth-order valence-electron chi connectivity index (χ4n) is 4.27. The van der Waals surface area contributed by atoms with Crippen molar-refractivity contribution in [3.05, 3.63) is 46.2 Å². The fraction of sp³-hybridized carbons (Fsp3) is 0.409. The van der Waals surface area contributed by atoms with Crippen LogP contribution >= 0.6 is 11.3 Å². The predicted octanol–water partition coefficient (Wildman–Crippen LogP) is 0.738. The molecule has 0 radical (unpaired) electrons. The minimum atomic E-state index is -0.466. The van der Waals surface area contributed by atoms with Gasteiger partial charge in [0.15, 0.2) is 22.9 Å². The highest BCUT2D eigenvalue weighted by atomic mass is 32.1. The normalized spacial score (nSPS) is 21.8. The van der Waals surface area contributed by atoms with Crippen LogP contribution < -0.4 is 19.5 Å². The van der Waals surface area contributed by atoms with Crippen molar-refractivity contribution in [2.45, 2.75) is 25.3 Å². The number of ether oxygens (including phenoxy) is 4. The number of nitrogens with zero attached hydrogens (tertiary/aromatic N) is 5. The molecule has 0 unspecified atom stereocenters. The number of carbonyl (C=O) groups is 2. The van der Waals surface area contributed by atoms with Crippen LogP contribution in [0, 0.1) is 0 Å².